The van der Waals surface area contributed by atoms with Gasteiger partial charge in [-0.1, -0.05) is 0 Å². The zero-order valence-electron chi connectivity index (χ0n) is 12.5. The van der Waals surface area contributed by atoms with E-state index in [1.54, 1.807) is 14.2 Å². The third kappa shape index (κ3) is 5.07. The van der Waals surface area contributed by atoms with Gasteiger partial charge in [0.2, 0.25) is 0 Å². The standard InChI is InChI=1S/C15H25N3O2/c1-19-9-7-18(8-10-20-2)15-11-13(5-6-16-15)12-17-14-3-4-14/h5-6,11,14,17H,3-4,7-10,12H2,1-2H3. The van der Waals surface area contributed by atoms with Gasteiger partial charge in [0.1, 0.15) is 5.82 Å². The summed E-state index contributed by atoms with van der Waals surface area (Å²) in [5.41, 5.74) is 1.28. The summed E-state index contributed by atoms with van der Waals surface area (Å²) in [5.74, 6) is 0.995. The summed E-state index contributed by atoms with van der Waals surface area (Å²) in [6, 6.07) is 4.95. The lowest BCUT2D eigenvalue weighted by molar-refractivity contribution is 0.190. The van der Waals surface area contributed by atoms with Gasteiger partial charge in [-0.15, -0.1) is 0 Å². The number of methoxy groups -OCH3 is 2. The number of rotatable bonds is 10. The number of anilines is 1. The van der Waals surface area contributed by atoms with Crippen LogP contribution in [0.2, 0.25) is 0 Å². The third-order valence-corrected chi connectivity index (χ3v) is 3.44. The Hall–Kier alpha value is -1.17. The van der Waals surface area contributed by atoms with E-state index in [9.17, 15) is 0 Å². The summed E-state index contributed by atoms with van der Waals surface area (Å²) in [5, 5.41) is 3.53. The highest BCUT2D eigenvalue weighted by Gasteiger charge is 2.20. The molecule has 0 unspecified atom stereocenters. The van der Waals surface area contributed by atoms with Gasteiger partial charge in [0.05, 0.1) is 13.2 Å². The molecule has 0 saturated heterocycles. The highest BCUT2D eigenvalue weighted by Crippen LogP contribution is 2.20. The van der Waals surface area contributed by atoms with Crippen LogP contribution in [0, 0.1) is 0 Å². The second-order valence-corrected chi connectivity index (χ2v) is 5.15. The summed E-state index contributed by atoms with van der Waals surface area (Å²) in [6.07, 6.45) is 4.50. The van der Waals surface area contributed by atoms with Gasteiger partial charge in [-0.25, -0.2) is 4.98 Å². The molecule has 2 rings (SSSR count). The Balaban J connectivity index is 1.95. The molecule has 0 aromatic carbocycles. The molecule has 1 aliphatic carbocycles. The Morgan fingerprint density at radius 1 is 1.25 bits per heavy atom. The lowest BCUT2D eigenvalue weighted by Crippen LogP contribution is -2.31. The summed E-state index contributed by atoms with van der Waals surface area (Å²) in [7, 11) is 3.44. The van der Waals surface area contributed by atoms with Crippen molar-refractivity contribution < 1.29 is 9.47 Å². The molecule has 5 nitrogen and oxygen atoms in total. The number of aromatic nitrogens is 1. The van der Waals surface area contributed by atoms with Crippen LogP contribution in [0.15, 0.2) is 18.3 Å². The second-order valence-electron chi connectivity index (χ2n) is 5.15. The normalized spacial score (nSPS) is 14.5. The van der Waals surface area contributed by atoms with E-state index in [2.05, 4.69) is 27.3 Å². The molecule has 1 heterocycles. The zero-order chi connectivity index (χ0) is 14.2. The highest BCUT2D eigenvalue weighted by atomic mass is 16.5. The van der Waals surface area contributed by atoms with E-state index in [-0.39, 0.29) is 0 Å². The van der Waals surface area contributed by atoms with Crippen LogP contribution in [0.3, 0.4) is 0 Å². The molecule has 1 aliphatic rings. The fourth-order valence-corrected chi connectivity index (χ4v) is 2.04. The van der Waals surface area contributed by atoms with Gasteiger partial charge in [-0.3, -0.25) is 0 Å². The van der Waals surface area contributed by atoms with E-state index in [1.165, 1.54) is 18.4 Å². The van der Waals surface area contributed by atoms with Gasteiger partial charge in [0, 0.05) is 46.1 Å². The average molecular weight is 279 g/mol. The van der Waals surface area contributed by atoms with E-state index in [4.69, 9.17) is 9.47 Å². The molecule has 20 heavy (non-hydrogen) atoms. The van der Waals surface area contributed by atoms with Gasteiger partial charge in [-0.05, 0) is 30.5 Å². The highest BCUT2D eigenvalue weighted by molar-refractivity contribution is 5.41. The minimum Gasteiger partial charge on any atom is -0.383 e. The van der Waals surface area contributed by atoms with Crippen LogP contribution in [0.5, 0.6) is 0 Å². The molecule has 1 fully saturated rings. The van der Waals surface area contributed by atoms with Gasteiger partial charge in [-0.2, -0.15) is 0 Å². The number of nitrogens with one attached hydrogen (secondary N) is 1. The van der Waals surface area contributed by atoms with Crippen molar-refractivity contribution >= 4 is 5.82 Å². The van der Waals surface area contributed by atoms with Gasteiger partial charge in [0.15, 0.2) is 0 Å². The second kappa shape index (κ2) is 8.19. The maximum atomic E-state index is 5.17. The predicted octanol–water partition coefficient (Wildman–Crippen LogP) is 1.43. The monoisotopic (exact) mass is 279 g/mol. The SMILES string of the molecule is COCCN(CCOC)c1cc(CNC2CC2)ccn1. The molecule has 112 valence electrons. The largest absolute Gasteiger partial charge is 0.383 e. The van der Waals surface area contributed by atoms with Gasteiger partial charge < -0.3 is 19.7 Å². The first-order valence-corrected chi connectivity index (χ1v) is 7.24. The minimum atomic E-state index is 0.690. The molecular weight excluding hydrogens is 254 g/mol. The first-order chi connectivity index (χ1) is 9.83. The minimum absolute atomic E-state index is 0.690. The topological polar surface area (TPSA) is 46.6 Å². The maximum Gasteiger partial charge on any atom is 0.128 e. The molecule has 0 atom stereocenters. The van der Waals surface area contributed by atoms with Crippen molar-refractivity contribution in [1.29, 1.82) is 0 Å². The number of hydrogen-bond donors (Lipinski definition) is 1. The van der Waals surface area contributed by atoms with Crippen molar-refractivity contribution in [1.82, 2.24) is 10.3 Å². The Bertz CT molecular complexity index is 388. The van der Waals surface area contributed by atoms with Crippen LogP contribution in [-0.2, 0) is 16.0 Å². The number of pyridine rings is 1. The van der Waals surface area contributed by atoms with Crippen LogP contribution in [0.1, 0.15) is 18.4 Å². The third-order valence-electron chi connectivity index (χ3n) is 3.44. The van der Waals surface area contributed by atoms with E-state index >= 15 is 0 Å². The molecule has 1 aromatic heterocycles. The van der Waals surface area contributed by atoms with Crippen LogP contribution < -0.4 is 10.2 Å². The van der Waals surface area contributed by atoms with E-state index < -0.39 is 0 Å². The molecule has 0 bridgehead atoms. The number of ether oxygens (including phenoxy) is 2. The molecule has 0 radical (unpaired) electrons. The first-order valence-electron chi connectivity index (χ1n) is 7.24. The molecule has 1 saturated carbocycles. The molecule has 0 aliphatic heterocycles. The van der Waals surface area contributed by atoms with Gasteiger partial charge in [0.25, 0.3) is 0 Å². The van der Waals surface area contributed by atoms with Crippen molar-refractivity contribution in [2.75, 3.05) is 45.4 Å². The molecule has 5 heteroatoms. The average Bonchev–Trinajstić information content (AvgIpc) is 3.30. The Kier molecular flexibility index (Phi) is 6.24. The van der Waals surface area contributed by atoms with Crippen molar-refractivity contribution in [2.24, 2.45) is 0 Å². The summed E-state index contributed by atoms with van der Waals surface area (Å²) in [4.78, 5) is 6.68. The van der Waals surface area contributed by atoms with Crippen LogP contribution in [0.25, 0.3) is 0 Å². The van der Waals surface area contributed by atoms with Crippen molar-refractivity contribution in [2.45, 2.75) is 25.4 Å². The summed E-state index contributed by atoms with van der Waals surface area (Å²) in [6.45, 7) is 3.95. The Morgan fingerprint density at radius 3 is 2.55 bits per heavy atom. The zero-order valence-corrected chi connectivity index (χ0v) is 12.5. The summed E-state index contributed by atoms with van der Waals surface area (Å²) >= 11 is 0. The molecule has 0 amide bonds. The molecule has 1 aromatic rings. The first kappa shape index (κ1) is 15.2. The lowest BCUT2D eigenvalue weighted by Gasteiger charge is -2.23. The quantitative estimate of drug-likeness (QED) is 0.702. The molecule has 0 spiro atoms. The molecule has 1 N–H and O–H groups in total. The van der Waals surface area contributed by atoms with E-state index in [0.29, 0.717) is 13.2 Å². The predicted molar refractivity (Wildman–Crippen MR) is 80.1 cm³/mol. The van der Waals surface area contributed by atoms with E-state index in [0.717, 1.165) is 31.5 Å². The Morgan fingerprint density at radius 2 is 1.95 bits per heavy atom. The number of hydrogen-bond acceptors (Lipinski definition) is 5. The summed E-state index contributed by atoms with van der Waals surface area (Å²) < 4.78 is 10.3. The smallest absolute Gasteiger partial charge is 0.128 e. The fourth-order valence-electron chi connectivity index (χ4n) is 2.04. The van der Waals surface area contributed by atoms with Crippen molar-refractivity contribution in [3.05, 3.63) is 23.9 Å². The van der Waals surface area contributed by atoms with Crippen molar-refractivity contribution in [3.8, 4) is 0 Å². The van der Waals surface area contributed by atoms with Crippen LogP contribution in [0.4, 0.5) is 5.82 Å². The fraction of sp³-hybridized carbons (Fsp3) is 0.667. The van der Waals surface area contributed by atoms with Crippen molar-refractivity contribution in [3.63, 3.8) is 0 Å². The van der Waals surface area contributed by atoms with Crippen LogP contribution >= 0.6 is 0 Å². The number of nitrogens with zero attached hydrogens (tertiary/aromatic N) is 2. The van der Waals surface area contributed by atoms with E-state index in [1.807, 2.05) is 6.20 Å². The Labute approximate surface area is 121 Å². The van der Waals surface area contributed by atoms with Gasteiger partial charge >= 0.3 is 0 Å². The lowest BCUT2D eigenvalue weighted by atomic mass is 10.2. The maximum absolute atomic E-state index is 5.17. The molecular formula is C15H25N3O2. The van der Waals surface area contributed by atoms with Crippen LogP contribution in [-0.4, -0.2) is 51.5 Å².